The van der Waals surface area contributed by atoms with Crippen LogP contribution in [0.3, 0.4) is 0 Å². The van der Waals surface area contributed by atoms with Crippen molar-refractivity contribution in [1.82, 2.24) is 14.4 Å². The second-order valence-electron chi connectivity index (χ2n) is 3.78. The zero-order valence-corrected chi connectivity index (χ0v) is 9.38. The summed E-state index contributed by atoms with van der Waals surface area (Å²) in [6, 6.07) is 7.87. The summed E-state index contributed by atoms with van der Waals surface area (Å²) in [7, 11) is 1.79. The van der Waals surface area contributed by atoms with Gasteiger partial charge in [-0.25, -0.2) is 9.97 Å². The molecule has 2 N–H and O–H groups in total. The molecule has 5 nitrogen and oxygen atoms in total. The van der Waals surface area contributed by atoms with Gasteiger partial charge in [0.05, 0.1) is 23.3 Å². The first-order chi connectivity index (χ1) is 8.33. The van der Waals surface area contributed by atoms with Crippen LogP contribution in [0.5, 0.6) is 0 Å². The highest BCUT2D eigenvalue weighted by atomic mass is 16.3. The molecule has 3 rings (SSSR count). The largest absolute Gasteiger partial charge is 0.390 e. The number of aliphatic hydroxyl groups excluding tert-OH is 1. The van der Waals surface area contributed by atoms with E-state index in [0.29, 0.717) is 11.5 Å². The van der Waals surface area contributed by atoms with E-state index < -0.39 is 0 Å². The Bertz CT molecular complexity index is 689. The van der Waals surface area contributed by atoms with Crippen LogP contribution in [-0.4, -0.2) is 26.5 Å². The van der Waals surface area contributed by atoms with Gasteiger partial charge in [0.15, 0.2) is 11.5 Å². The minimum Gasteiger partial charge on any atom is -0.390 e. The van der Waals surface area contributed by atoms with E-state index >= 15 is 0 Å². The predicted octanol–water partition coefficient (Wildman–Crippen LogP) is 1.42. The van der Waals surface area contributed by atoms with Gasteiger partial charge in [-0.3, -0.25) is 4.40 Å². The smallest absolute Gasteiger partial charge is 0.181 e. The van der Waals surface area contributed by atoms with Gasteiger partial charge < -0.3 is 10.4 Å². The van der Waals surface area contributed by atoms with Gasteiger partial charge in [0.25, 0.3) is 0 Å². The molecule has 2 heterocycles. The number of hydrogen-bond acceptors (Lipinski definition) is 4. The van der Waals surface area contributed by atoms with Gasteiger partial charge in [-0.05, 0) is 12.1 Å². The summed E-state index contributed by atoms with van der Waals surface area (Å²) in [6.07, 6.45) is 1.81. The quantitative estimate of drug-likeness (QED) is 0.696. The highest BCUT2D eigenvalue weighted by molar-refractivity contribution is 5.83. The van der Waals surface area contributed by atoms with Gasteiger partial charge in [-0.15, -0.1) is 0 Å². The Hall–Kier alpha value is -2.14. The topological polar surface area (TPSA) is 62.5 Å². The van der Waals surface area contributed by atoms with Crippen molar-refractivity contribution in [3.05, 3.63) is 36.2 Å². The molecule has 0 saturated heterocycles. The van der Waals surface area contributed by atoms with E-state index in [1.54, 1.807) is 7.05 Å². The minimum absolute atomic E-state index is 0.0862. The van der Waals surface area contributed by atoms with Crippen molar-refractivity contribution in [2.24, 2.45) is 0 Å². The monoisotopic (exact) mass is 228 g/mol. The maximum Gasteiger partial charge on any atom is 0.181 e. The Balaban J connectivity index is 2.47. The summed E-state index contributed by atoms with van der Waals surface area (Å²) in [5, 5.41) is 12.2. The van der Waals surface area contributed by atoms with Crippen LogP contribution in [0, 0.1) is 0 Å². The number of para-hydroxylation sites is 2. The normalized spacial score (nSPS) is 11.2. The van der Waals surface area contributed by atoms with Gasteiger partial charge >= 0.3 is 0 Å². The van der Waals surface area contributed by atoms with Crippen LogP contribution in [0.25, 0.3) is 16.7 Å². The number of aromatic nitrogens is 3. The second kappa shape index (κ2) is 3.71. The molecule has 0 bridgehead atoms. The summed E-state index contributed by atoms with van der Waals surface area (Å²) < 4.78 is 1.94. The Labute approximate surface area is 97.7 Å². The Morgan fingerprint density at radius 2 is 2.12 bits per heavy atom. The standard InChI is InChI=1S/C12H12N4O/c1-13-11-12-15-9-4-2-3-5-10(9)16(12)6-8(7-17)14-11/h2-6,17H,7H2,1H3,(H,13,14). The molecule has 0 aliphatic carbocycles. The van der Waals surface area contributed by atoms with Crippen molar-refractivity contribution < 1.29 is 5.11 Å². The molecule has 0 atom stereocenters. The predicted molar refractivity (Wildman–Crippen MR) is 66.0 cm³/mol. The lowest BCUT2D eigenvalue weighted by Crippen LogP contribution is -2.01. The first-order valence-electron chi connectivity index (χ1n) is 5.39. The molecule has 0 fully saturated rings. The van der Waals surface area contributed by atoms with E-state index in [1.807, 2.05) is 34.9 Å². The molecule has 1 aromatic carbocycles. The van der Waals surface area contributed by atoms with Crippen molar-refractivity contribution in [1.29, 1.82) is 0 Å². The van der Waals surface area contributed by atoms with E-state index in [9.17, 15) is 5.11 Å². The minimum atomic E-state index is -0.0862. The summed E-state index contributed by atoms with van der Waals surface area (Å²) >= 11 is 0. The number of anilines is 1. The Morgan fingerprint density at radius 3 is 2.88 bits per heavy atom. The lowest BCUT2D eigenvalue weighted by Gasteiger charge is -2.04. The average molecular weight is 228 g/mol. The molecule has 2 aromatic heterocycles. The number of nitrogens with one attached hydrogen (secondary N) is 1. The number of hydrogen-bond donors (Lipinski definition) is 2. The van der Waals surface area contributed by atoms with Crippen LogP contribution >= 0.6 is 0 Å². The van der Waals surface area contributed by atoms with Crippen LogP contribution < -0.4 is 5.32 Å². The fourth-order valence-electron chi connectivity index (χ4n) is 1.96. The molecule has 0 amide bonds. The maximum absolute atomic E-state index is 9.20. The fraction of sp³-hybridized carbons (Fsp3) is 0.167. The number of benzene rings is 1. The molecule has 0 spiro atoms. The highest BCUT2D eigenvalue weighted by Crippen LogP contribution is 2.21. The molecule has 0 unspecified atom stereocenters. The van der Waals surface area contributed by atoms with Gasteiger partial charge in [-0.1, -0.05) is 12.1 Å². The summed E-state index contributed by atoms with van der Waals surface area (Å²) in [5.41, 5.74) is 3.31. The van der Waals surface area contributed by atoms with Crippen molar-refractivity contribution in [2.45, 2.75) is 6.61 Å². The van der Waals surface area contributed by atoms with Gasteiger partial charge in [0, 0.05) is 13.2 Å². The van der Waals surface area contributed by atoms with Crippen molar-refractivity contribution in [2.75, 3.05) is 12.4 Å². The molecule has 0 aliphatic heterocycles. The fourth-order valence-corrected chi connectivity index (χ4v) is 1.96. The van der Waals surface area contributed by atoms with Gasteiger partial charge in [0.1, 0.15) is 0 Å². The van der Waals surface area contributed by atoms with E-state index in [1.165, 1.54) is 0 Å². The lowest BCUT2D eigenvalue weighted by atomic mass is 10.3. The molecule has 0 radical (unpaired) electrons. The van der Waals surface area contributed by atoms with E-state index in [0.717, 1.165) is 16.7 Å². The molecule has 3 aromatic rings. The summed E-state index contributed by atoms with van der Waals surface area (Å²) in [5.74, 6) is 0.674. The number of fused-ring (bicyclic) bond motifs is 3. The van der Waals surface area contributed by atoms with Crippen LogP contribution in [0.15, 0.2) is 30.5 Å². The third kappa shape index (κ3) is 1.43. The van der Waals surface area contributed by atoms with Gasteiger partial charge in [-0.2, -0.15) is 0 Å². The van der Waals surface area contributed by atoms with E-state index in [2.05, 4.69) is 15.3 Å². The average Bonchev–Trinajstić information content (AvgIpc) is 2.76. The van der Waals surface area contributed by atoms with E-state index in [4.69, 9.17) is 0 Å². The number of nitrogens with zero attached hydrogens (tertiary/aromatic N) is 3. The molecule has 86 valence electrons. The summed E-state index contributed by atoms with van der Waals surface area (Å²) in [6.45, 7) is -0.0862. The van der Waals surface area contributed by atoms with Crippen LogP contribution in [0.1, 0.15) is 5.69 Å². The molecular weight excluding hydrogens is 216 g/mol. The zero-order chi connectivity index (χ0) is 11.8. The van der Waals surface area contributed by atoms with Gasteiger partial charge in [0.2, 0.25) is 0 Å². The first kappa shape index (κ1) is 10.0. The number of aliphatic hydroxyl groups is 1. The lowest BCUT2D eigenvalue weighted by molar-refractivity contribution is 0.276. The maximum atomic E-state index is 9.20. The zero-order valence-electron chi connectivity index (χ0n) is 9.38. The third-order valence-electron chi connectivity index (χ3n) is 2.74. The molecule has 5 heteroatoms. The van der Waals surface area contributed by atoms with Crippen LogP contribution in [0.2, 0.25) is 0 Å². The first-order valence-corrected chi connectivity index (χ1v) is 5.39. The van der Waals surface area contributed by atoms with E-state index in [-0.39, 0.29) is 6.61 Å². The number of imidazole rings is 1. The highest BCUT2D eigenvalue weighted by Gasteiger charge is 2.10. The second-order valence-corrected chi connectivity index (χ2v) is 3.78. The van der Waals surface area contributed by atoms with Crippen LogP contribution in [-0.2, 0) is 6.61 Å². The molecule has 0 aliphatic rings. The third-order valence-corrected chi connectivity index (χ3v) is 2.74. The van der Waals surface area contributed by atoms with Crippen LogP contribution in [0.4, 0.5) is 5.82 Å². The molecule has 17 heavy (non-hydrogen) atoms. The number of rotatable bonds is 2. The Kier molecular flexibility index (Phi) is 2.19. The molecule has 0 saturated carbocycles. The summed E-state index contributed by atoms with van der Waals surface area (Å²) in [4.78, 5) is 8.81. The molecular formula is C12H12N4O. The SMILES string of the molecule is CNc1nc(CO)cn2c1nc1ccccc12. The van der Waals surface area contributed by atoms with Crippen molar-refractivity contribution in [3.63, 3.8) is 0 Å². The van der Waals surface area contributed by atoms with Crippen molar-refractivity contribution >= 4 is 22.5 Å². The Morgan fingerprint density at radius 1 is 1.29 bits per heavy atom. The van der Waals surface area contributed by atoms with Crippen molar-refractivity contribution in [3.8, 4) is 0 Å².